The van der Waals surface area contributed by atoms with Crippen LogP contribution in [-0.2, 0) is 0 Å². The predicted octanol–water partition coefficient (Wildman–Crippen LogP) is 1.99. The molecular weight excluding hydrogens is 153 g/mol. The second-order valence-corrected chi connectivity index (χ2v) is 2.13. The summed E-state index contributed by atoms with van der Waals surface area (Å²) in [5.74, 6) is -0.725. The normalized spacial score (nSPS) is 10.0. The van der Waals surface area contributed by atoms with Gasteiger partial charge in [-0.25, -0.2) is 4.98 Å². The van der Waals surface area contributed by atoms with Crippen molar-refractivity contribution in [2.75, 3.05) is 0 Å². The molecule has 1 nitrogen and oxygen atoms in total. The van der Waals surface area contributed by atoms with E-state index in [0.717, 1.165) is 6.07 Å². The molecule has 1 rings (SSSR count). The maximum atomic E-state index is 12.3. The maximum Gasteiger partial charge on any atom is 0.214 e. The fourth-order valence-corrected chi connectivity index (χ4v) is 0.699. The molecule has 0 aliphatic rings. The number of halogens is 2. The summed E-state index contributed by atoms with van der Waals surface area (Å²) in [5, 5.41) is 0.0880. The highest BCUT2D eigenvalue weighted by Gasteiger charge is 2.02. The smallest absolute Gasteiger partial charge is 0.214 e. The van der Waals surface area contributed by atoms with Crippen LogP contribution in [0, 0.1) is 19.8 Å². The Morgan fingerprint density at radius 2 is 2.10 bits per heavy atom. The van der Waals surface area contributed by atoms with Gasteiger partial charge in [-0.15, -0.1) is 0 Å². The van der Waals surface area contributed by atoms with E-state index in [9.17, 15) is 4.39 Å². The van der Waals surface area contributed by atoms with Gasteiger partial charge in [0.15, 0.2) is 0 Å². The molecule has 0 fully saturated rings. The first-order chi connectivity index (χ1) is 4.61. The molecule has 0 aliphatic carbocycles. The van der Waals surface area contributed by atoms with Gasteiger partial charge in [0.1, 0.15) is 0 Å². The minimum absolute atomic E-state index is 0.0787. The van der Waals surface area contributed by atoms with Crippen LogP contribution in [0.25, 0.3) is 0 Å². The molecule has 0 unspecified atom stereocenters. The standard InChI is InChI=1S/C7H3ClFN/c1-4-5(2)10-7(9)3-6(4)8/h1-3H. The molecule has 0 atom stereocenters. The van der Waals surface area contributed by atoms with Gasteiger partial charge in [-0.3, -0.25) is 0 Å². The lowest BCUT2D eigenvalue weighted by Gasteiger charge is -1.99. The number of nitrogens with zero attached hydrogens (tertiary/aromatic N) is 1. The molecule has 0 amide bonds. The summed E-state index contributed by atoms with van der Waals surface area (Å²) in [6, 6.07) is 1.01. The van der Waals surface area contributed by atoms with Gasteiger partial charge in [-0.05, 0) is 5.56 Å². The SMILES string of the molecule is [CH]c1nc(F)cc(Cl)c1[CH]. The van der Waals surface area contributed by atoms with Crippen LogP contribution < -0.4 is 0 Å². The first kappa shape index (κ1) is 7.48. The first-order valence-corrected chi connectivity index (χ1v) is 2.86. The molecule has 0 bridgehead atoms. The van der Waals surface area contributed by atoms with Crippen molar-refractivity contribution in [2.24, 2.45) is 0 Å². The predicted molar refractivity (Wildman–Crippen MR) is 36.0 cm³/mol. The van der Waals surface area contributed by atoms with E-state index in [0.29, 0.717) is 0 Å². The Morgan fingerprint density at radius 1 is 1.50 bits per heavy atom. The fourth-order valence-electron chi connectivity index (χ4n) is 0.512. The Bertz CT molecular complexity index is 237. The van der Waals surface area contributed by atoms with E-state index in [-0.39, 0.29) is 16.3 Å². The summed E-state index contributed by atoms with van der Waals surface area (Å²) < 4.78 is 12.3. The summed E-state index contributed by atoms with van der Waals surface area (Å²) in [6.45, 7) is 10.4. The molecule has 50 valence electrons. The highest BCUT2D eigenvalue weighted by Crippen LogP contribution is 2.17. The quantitative estimate of drug-likeness (QED) is 0.522. The third-order valence-electron chi connectivity index (χ3n) is 1.01. The largest absolute Gasteiger partial charge is 0.224 e. The Balaban J connectivity index is 3.31. The molecule has 4 radical (unpaired) electrons. The third-order valence-corrected chi connectivity index (χ3v) is 1.32. The lowest BCUT2D eigenvalue weighted by Crippen LogP contribution is -1.90. The van der Waals surface area contributed by atoms with Crippen molar-refractivity contribution in [3.05, 3.63) is 42.1 Å². The number of rotatable bonds is 0. The maximum absolute atomic E-state index is 12.3. The molecule has 1 aromatic heterocycles. The van der Waals surface area contributed by atoms with Gasteiger partial charge >= 0.3 is 0 Å². The van der Waals surface area contributed by atoms with Gasteiger partial charge in [0.25, 0.3) is 0 Å². The van der Waals surface area contributed by atoms with Crippen LogP contribution in [0.4, 0.5) is 4.39 Å². The van der Waals surface area contributed by atoms with Crippen molar-refractivity contribution in [1.29, 1.82) is 0 Å². The van der Waals surface area contributed by atoms with Crippen LogP contribution in [0.15, 0.2) is 6.07 Å². The van der Waals surface area contributed by atoms with Gasteiger partial charge in [0, 0.05) is 19.9 Å². The van der Waals surface area contributed by atoms with E-state index in [1.807, 2.05) is 0 Å². The zero-order chi connectivity index (χ0) is 7.72. The topological polar surface area (TPSA) is 12.9 Å². The van der Waals surface area contributed by atoms with Gasteiger partial charge in [0.05, 0.1) is 10.7 Å². The number of hydrogen-bond donors (Lipinski definition) is 0. The van der Waals surface area contributed by atoms with E-state index in [2.05, 4.69) is 4.98 Å². The van der Waals surface area contributed by atoms with Gasteiger partial charge in [-0.2, -0.15) is 4.39 Å². The summed E-state index contributed by atoms with van der Waals surface area (Å²) in [5.41, 5.74) is 0.0352. The highest BCUT2D eigenvalue weighted by atomic mass is 35.5. The van der Waals surface area contributed by atoms with Crippen LogP contribution in [0.5, 0.6) is 0 Å². The van der Waals surface area contributed by atoms with Crippen LogP contribution in [0.2, 0.25) is 5.02 Å². The molecule has 1 heterocycles. The molecular formula is C7H3ClFN. The Kier molecular flexibility index (Phi) is 1.90. The number of hydrogen-bond acceptors (Lipinski definition) is 1. The summed E-state index contributed by atoms with van der Waals surface area (Å²) in [6.07, 6.45) is 0. The minimum atomic E-state index is -0.725. The molecule has 3 heteroatoms. The Labute approximate surface area is 63.8 Å². The zero-order valence-corrected chi connectivity index (χ0v) is 5.69. The summed E-state index contributed by atoms with van der Waals surface area (Å²) in [7, 11) is 0. The zero-order valence-electron chi connectivity index (χ0n) is 4.94. The lowest BCUT2D eigenvalue weighted by atomic mass is 10.2. The van der Waals surface area contributed by atoms with Crippen LogP contribution in [0.1, 0.15) is 11.3 Å². The fraction of sp³-hybridized carbons (Fsp3) is 0. The van der Waals surface area contributed by atoms with Crippen LogP contribution in [0.3, 0.4) is 0 Å². The average Bonchev–Trinajstić information content (AvgIpc) is 1.82. The highest BCUT2D eigenvalue weighted by molar-refractivity contribution is 6.31. The molecule has 0 saturated carbocycles. The summed E-state index contributed by atoms with van der Waals surface area (Å²) >= 11 is 5.43. The van der Waals surface area contributed by atoms with E-state index in [4.69, 9.17) is 25.4 Å². The molecule has 1 aromatic rings. The monoisotopic (exact) mass is 155 g/mol. The Hall–Kier alpha value is -0.630. The van der Waals surface area contributed by atoms with Crippen molar-refractivity contribution in [3.63, 3.8) is 0 Å². The number of aromatic nitrogens is 1. The van der Waals surface area contributed by atoms with Gasteiger partial charge in [0.2, 0.25) is 5.95 Å². The van der Waals surface area contributed by atoms with Gasteiger partial charge in [-0.1, -0.05) is 11.6 Å². The molecule has 0 N–H and O–H groups in total. The lowest BCUT2D eigenvalue weighted by molar-refractivity contribution is 0.581. The molecule has 10 heavy (non-hydrogen) atoms. The van der Waals surface area contributed by atoms with Crippen molar-refractivity contribution in [1.82, 2.24) is 4.98 Å². The van der Waals surface area contributed by atoms with E-state index in [1.165, 1.54) is 0 Å². The second kappa shape index (κ2) is 2.54. The average molecular weight is 156 g/mol. The molecule has 0 aliphatic heterocycles. The van der Waals surface area contributed by atoms with E-state index in [1.54, 1.807) is 0 Å². The molecule has 0 saturated heterocycles. The van der Waals surface area contributed by atoms with E-state index < -0.39 is 5.95 Å². The number of pyridine rings is 1. The third kappa shape index (κ3) is 1.27. The molecule has 0 spiro atoms. The van der Waals surface area contributed by atoms with Crippen molar-refractivity contribution in [3.8, 4) is 0 Å². The van der Waals surface area contributed by atoms with Crippen molar-refractivity contribution < 1.29 is 4.39 Å². The second-order valence-electron chi connectivity index (χ2n) is 1.73. The first-order valence-electron chi connectivity index (χ1n) is 2.48. The van der Waals surface area contributed by atoms with Crippen LogP contribution in [-0.4, -0.2) is 4.98 Å². The van der Waals surface area contributed by atoms with Gasteiger partial charge < -0.3 is 0 Å². The van der Waals surface area contributed by atoms with Crippen LogP contribution >= 0.6 is 11.6 Å². The minimum Gasteiger partial charge on any atom is -0.224 e. The van der Waals surface area contributed by atoms with E-state index >= 15 is 0 Å². The Morgan fingerprint density at radius 3 is 2.60 bits per heavy atom. The molecule has 0 aromatic carbocycles. The van der Waals surface area contributed by atoms with Crippen molar-refractivity contribution in [2.45, 2.75) is 0 Å². The van der Waals surface area contributed by atoms with Crippen molar-refractivity contribution >= 4 is 11.6 Å². The summed E-state index contributed by atoms with van der Waals surface area (Å²) in [4.78, 5) is 3.24.